The molecule has 0 unspecified atom stereocenters. The third kappa shape index (κ3) is 6.87. The molecule has 0 fully saturated rings. The monoisotopic (exact) mass is 455 g/mol. The summed E-state index contributed by atoms with van der Waals surface area (Å²) < 4.78 is 16.4. The lowest BCUT2D eigenvalue weighted by Crippen LogP contribution is -2.23. The molecule has 0 heterocycles. The van der Waals surface area contributed by atoms with Crippen LogP contribution in [0.25, 0.3) is 0 Å². The molecule has 0 atom stereocenters. The average molecular weight is 456 g/mol. The molecular formula is C23H22ClN3O3S. The Labute approximate surface area is 191 Å². The number of methoxy groups -OCH3 is 2. The number of hydrazone groups is 1. The standard InChI is InChI=1S/C23H22ClN3O3S/c1-28-20-10-8-19(9-11-20)26-23(31)27-25-14-17-5-12-21(22(13-17)29-2)30-15-16-3-6-18(24)7-4-16/h3-14H,15H2,1-2H3,(H2,26,27,31). The van der Waals surface area contributed by atoms with E-state index < -0.39 is 0 Å². The predicted octanol–water partition coefficient (Wildman–Crippen LogP) is 5.26. The Balaban J connectivity index is 1.55. The largest absolute Gasteiger partial charge is 0.497 e. The first kappa shape index (κ1) is 22.4. The van der Waals surface area contributed by atoms with E-state index in [2.05, 4.69) is 15.8 Å². The highest BCUT2D eigenvalue weighted by molar-refractivity contribution is 7.80. The summed E-state index contributed by atoms with van der Waals surface area (Å²) in [7, 11) is 3.22. The third-order valence-corrected chi connectivity index (χ3v) is 4.67. The summed E-state index contributed by atoms with van der Waals surface area (Å²) in [5, 5.41) is 8.27. The van der Waals surface area contributed by atoms with Gasteiger partial charge in [0.25, 0.3) is 0 Å². The average Bonchev–Trinajstić information content (AvgIpc) is 2.79. The van der Waals surface area contributed by atoms with Crippen molar-refractivity contribution in [1.82, 2.24) is 5.43 Å². The van der Waals surface area contributed by atoms with Crippen LogP contribution in [0.1, 0.15) is 11.1 Å². The van der Waals surface area contributed by atoms with Crippen molar-refractivity contribution in [3.05, 3.63) is 82.9 Å². The molecule has 0 saturated carbocycles. The van der Waals surface area contributed by atoms with Crippen LogP contribution >= 0.6 is 23.8 Å². The molecule has 3 aromatic rings. The number of ether oxygens (including phenoxy) is 3. The van der Waals surface area contributed by atoms with Crippen molar-refractivity contribution >= 4 is 40.8 Å². The summed E-state index contributed by atoms with van der Waals surface area (Å²) in [4.78, 5) is 0. The maximum atomic E-state index is 5.91. The van der Waals surface area contributed by atoms with Crippen LogP contribution in [0.5, 0.6) is 17.2 Å². The molecule has 3 aromatic carbocycles. The summed E-state index contributed by atoms with van der Waals surface area (Å²) in [5.41, 5.74) is 5.46. The SMILES string of the molecule is COc1ccc(NC(=S)NN=Cc2ccc(OCc3ccc(Cl)cc3)c(OC)c2)cc1. The van der Waals surface area contributed by atoms with E-state index in [0.29, 0.717) is 28.2 Å². The van der Waals surface area contributed by atoms with Gasteiger partial charge in [-0.05, 0) is 77.9 Å². The molecule has 160 valence electrons. The van der Waals surface area contributed by atoms with Gasteiger partial charge in [0.2, 0.25) is 0 Å². The van der Waals surface area contributed by atoms with E-state index in [4.69, 9.17) is 38.0 Å². The second-order valence-electron chi connectivity index (χ2n) is 6.38. The quantitative estimate of drug-likeness (QED) is 0.274. The Morgan fingerprint density at radius 1 is 0.968 bits per heavy atom. The highest BCUT2D eigenvalue weighted by Gasteiger charge is 2.06. The molecule has 0 aliphatic heterocycles. The zero-order chi connectivity index (χ0) is 22.1. The van der Waals surface area contributed by atoms with Gasteiger partial charge < -0.3 is 19.5 Å². The maximum Gasteiger partial charge on any atom is 0.191 e. The number of nitrogens with one attached hydrogen (secondary N) is 2. The van der Waals surface area contributed by atoms with E-state index in [-0.39, 0.29) is 0 Å². The molecule has 2 N–H and O–H groups in total. The lowest BCUT2D eigenvalue weighted by Gasteiger charge is -2.11. The summed E-state index contributed by atoms with van der Waals surface area (Å²) in [6, 6.07) is 20.5. The van der Waals surface area contributed by atoms with Crippen LogP contribution in [0.3, 0.4) is 0 Å². The minimum Gasteiger partial charge on any atom is -0.497 e. The van der Waals surface area contributed by atoms with Gasteiger partial charge in [-0.2, -0.15) is 5.10 Å². The van der Waals surface area contributed by atoms with E-state index in [1.54, 1.807) is 20.4 Å². The van der Waals surface area contributed by atoms with Gasteiger partial charge in [0, 0.05) is 10.7 Å². The Hall–Kier alpha value is -3.29. The number of halogens is 1. The molecule has 31 heavy (non-hydrogen) atoms. The van der Waals surface area contributed by atoms with E-state index >= 15 is 0 Å². The van der Waals surface area contributed by atoms with Crippen molar-refractivity contribution in [2.24, 2.45) is 5.10 Å². The van der Waals surface area contributed by atoms with Gasteiger partial charge in [0.05, 0.1) is 20.4 Å². The molecule has 3 rings (SSSR count). The Morgan fingerprint density at radius 3 is 2.39 bits per heavy atom. The molecule has 0 spiro atoms. The summed E-state index contributed by atoms with van der Waals surface area (Å²) in [6.45, 7) is 0.411. The molecule has 0 saturated heterocycles. The first-order chi connectivity index (χ1) is 15.1. The van der Waals surface area contributed by atoms with Gasteiger partial charge in [-0.15, -0.1) is 0 Å². The van der Waals surface area contributed by atoms with E-state index in [9.17, 15) is 0 Å². The van der Waals surface area contributed by atoms with Crippen LogP contribution in [0.4, 0.5) is 5.69 Å². The second kappa shape index (κ2) is 11.2. The Bertz CT molecular complexity index is 1040. The van der Waals surface area contributed by atoms with Gasteiger partial charge in [-0.25, -0.2) is 0 Å². The van der Waals surface area contributed by atoms with E-state index in [1.807, 2.05) is 66.7 Å². The fraction of sp³-hybridized carbons (Fsp3) is 0.130. The first-order valence-corrected chi connectivity index (χ1v) is 10.2. The van der Waals surface area contributed by atoms with Crippen LogP contribution in [0.15, 0.2) is 71.8 Å². The maximum absolute atomic E-state index is 5.91. The normalized spacial score (nSPS) is 10.5. The van der Waals surface area contributed by atoms with Crippen molar-refractivity contribution in [3.8, 4) is 17.2 Å². The molecule has 8 heteroatoms. The van der Waals surface area contributed by atoms with E-state index in [0.717, 1.165) is 22.6 Å². The minimum absolute atomic E-state index is 0.372. The lowest BCUT2D eigenvalue weighted by atomic mass is 10.2. The lowest BCUT2D eigenvalue weighted by molar-refractivity contribution is 0.284. The smallest absolute Gasteiger partial charge is 0.191 e. The van der Waals surface area contributed by atoms with Crippen molar-refractivity contribution < 1.29 is 14.2 Å². The van der Waals surface area contributed by atoms with Crippen LogP contribution < -0.4 is 25.0 Å². The molecule has 0 bridgehead atoms. The zero-order valence-corrected chi connectivity index (χ0v) is 18.7. The molecule has 6 nitrogen and oxygen atoms in total. The fourth-order valence-electron chi connectivity index (χ4n) is 2.62. The van der Waals surface area contributed by atoms with Gasteiger partial charge in [-0.1, -0.05) is 23.7 Å². The number of rotatable bonds is 8. The molecule has 0 aromatic heterocycles. The molecule has 0 amide bonds. The number of hydrogen-bond donors (Lipinski definition) is 2. The number of benzene rings is 3. The van der Waals surface area contributed by atoms with Crippen LogP contribution in [-0.2, 0) is 6.61 Å². The predicted molar refractivity (Wildman–Crippen MR) is 129 cm³/mol. The van der Waals surface area contributed by atoms with Gasteiger partial charge in [-0.3, -0.25) is 5.43 Å². The Morgan fingerprint density at radius 2 is 1.71 bits per heavy atom. The molecule has 0 aliphatic rings. The second-order valence-corrected chi connectivity index (χ2v) is 7.22. The number of hydrogen-bond acceptors (Lipinski definition) is 5. The van der Waals surface area contributed by atoms with Gasteiger partial charge >= 0.3 is 0 Å². The van der Waals surface area contributed by atoms with Gasteiger partial charge in [0.1, 0.15) is 12.4 Å². The summed E-state index contributed by atoms with van der Waals surface area (Å²) in [5.74, 6) is 2.02. The van der Waals surface area contributed by atoms with Crippen LogP contribution in [-0.4, -0.2) is 25.5 Å². The number of nitrogens with zero attached hydrogens (tertiary/aromatic N) is 1. The third-order valence-electron chi connectivity index (χ3n) is 4.22. The first-order valence-electron chi connectivity index (χ1n) is 9.37. The zero-order valence-electron chi connectivity index (χ0n) is 17.1. The summed E-state index contributed by atoms with van der Waals surface area (Å²) in [6.07, 6.45) is 1.65. The number of anilines is 1. The highest BCUT2D eigenvalue weighted by Crippen LogP contribution is 2.28. The van der Waals surface area contributed by atoms with Crippen molar-refractivity contribution in [3.63, 3.8) is 0 Å². The molecular weight excluding hydrogens is 434 g/mol. The summed E-state index contributed by atoms with van der Waals surface area (Å²) >= 11 is 11.2. The number of thiocarbonyl (C=S) groups is 1. The van der Waals surface area contributed by atoms with Crippen molar-refractivity contribution in [2.75, 3.05) is 19.5 Å². The highest BCUT2D eigenvalue weighted by atomic mass is 35.5. The topological polar surface area (TPSA) is 64.1 Å². The minimum atomic E-state index is 0.372. The molecule has 0 aliphatic carbocycles. The van der Waals surface area contributed by atoms with Crippen molar-refractivity contribution in [2.45, 2.75) is 6.61 Å². The van der Waals surface area contributed by atoms with Crippen LogP contribution in [0.2, 0.25) is 5.02 Å². The molecule has 0 radical (unpaired) electrons. The van der Waals surface area contributed by atoms with Gasteiger partial charge in [0.15, 0.2) is 16.6 Å². The van der Waals surface area contributed by atoms with E-state index in [1.165, 1.54) is 0 Å². The van der Waals surface area contributed by atoms with Crippen LogP contribution in [0, 0.1) is 0 Å². The van der Waals surface area contributed by atoms with Crippen molar-refractivity contribution in [1.29, 1.82) is 0 Å². The Kier molecular flexibility index (Phi) is 8.09. The fourth-order valence-corrected chi connectivity index (χ4v) is 2.92.